The van der Waals surface area contributed by atoms with Crippen molar-refractivity contribution in [3.8, 4) is 5.75 Å². The monoisotopic (exact) mass is 391 g/mol. The fourth-order valence-corrected chi connectivity index (χ4v) is 4.82. The van der Waals surface area contributed by atoms with Crippen LogP contribution in [0, 0.1) is 5.92 Å². The molecule has 0 radical (unpaired) electrons. The molecule has 10 heteroatoms. The molecule has 1 aromatic rings. The largest absolute Gasteiger partial charge is 0.495 e. The molecule has 25 heavy (non-hydrogen) atoms. The number of ether oxygens (including phenoxy) is 1. The molecule has 0 saturated carbocycles. The summed E-state index contributed by atoms with van der Waals surface area (Å²) in [6, 6.07) is 3.97. The highest BCUT2D eigenvalue weighted by Gasteiger charge is 2.28. The van der Waals surface area contributed by atoms with E-state index in [0.29, 0.717) is 6.42 Å². The minimum absolute atomic E-state index is 0.0137. The molecule has 142 valence electrons. The predicted octanol–water partition coefficient (Wildman–Crippen LogP) is 0.733. The van der Waals surface area contributed by atoms with Gasteiger partial charge < -0.3 is 10.1 Å². The summed E-state index contributed by atoms with van der Waals surface area (Å²) in [4.78, 5) is -0.0137. The van der Waals surface area contributed by atoms with Gasteiger partial charge in [0.2, 0.25) is 20.0 Å². The molecule has 0 spiro atoms. The summed E-state index contributed by atoms with van der Waals surface area (Å²) in [5, 5.41) is 3.22. The van der Waals surface area contributed by atoms with Gasteiger partial charge in [-0.05, 0) is 44.5 Å². The number of hydrogen-bond donors (Lipinski definition) is 3. The molecule has 1 fully saturated rings. The van der Waals surface area contributed by atoms with Crippen LogP contribution < -0.4 is 19.5 Å². The predicted molar refractivity (Wildman–Crippen MR) is 96.8 cm³/mol. The van der Waals surface area contributed by atoms with Gasteiger partial charge in [-0.2, -0.15) is 0 Å². The average molecular weight is 392 g/mol. The van der Waals surface area contributed by atoms with Crippen molar-refractivity contribution in [1.29, 1.82) is 0 Å². The summed E-state index contributed by atoms with van der Waals surface area (Å²) in [6.45, 7) is 5.01. The number of methoxy groups -OCH3 is 1. The maximum atomic E-state index is 12.7. The topological polar surface area (TPSA) is 114 Å². The maximum absolute atomic E-state index is 12.7. The lowest BCUT2D eigenvalue weighted by atomic mass is 9.97. The number of sulfonamides is 2. The molecule has 8 nitrogen and oxygen atoms in total. The molecular weight excluding hydrogens is 366 g/mol. The minimum atomic E-state index is -3.78. The van der Waals surface area contributed by atoms with E-state index in [-0.39, 0.29) is 34.0 Å². The second-order valence-electron chi connectivity index (χ2n) is 6.07. The first kappa shape index (κ1) is 20.0. The Bertz CT molecular complexity index is 808. The number of piperidine rings is 1. The van der Waals surface area contributed by atoms with Gasteiger partial charge in [0.15, 0.2) is 0 Å². The van der Waals surface area contributed by atoms with E-state index >= 15 is 0 Å². The van der Waals surface area contributed by atoms with Gasteiger partial charge in [0, 0.05) is 12.1 Å². The highest BCUT2D eigenvalue weighted by molar-refractivity contribution is 7.92. The van der Waals surface area contributed by atoms with Crippen molar-refractivity contribution in [2.45, 2.75) is 31.2 Å². The Hall–Kier alpha value is -1.36. The zero-order chi connectivity index (χ0) is 18.7. The van der Waals surface area contributed by atoms with Crippen LogP contribution in [-0.2, 0) is 20.0 Å². The molecule has 2 rings (SSSR count). The van der Waals surface area contributed by atoms with Gasteiger partial charge in [0.05, 0.1) is 18.6 Å². The third-order valence-electron chi connectivity index (χ3n) is 4.20. The number of benzene rings is 1. The van der Waals surface area contributed by atoms with Gasteiger partial charge in [-0.1, -0.05) is 6.92 Å². The van der Waals surface area contributed by atoms with Crippen LogP contribution in [0.3, 0.4) is 0 Å². The van der Waals surface area contributed by atoms with Gasteiger partial charge in [0.25, 0.3) is 0 Å². The zero-order valence-corrected chi connectivity index (χ0v) is 16.2. The standard InChI is InChI=1S/C15H25N3O5S2/c1-4-24(19,20)17-12-5-6-15(14(9-12)23-3)25(21,22)18-13-7-8-16-10-11(13)2/h5-6,9,11,13,16-18H,4,7-8,10H2,1-3H3. The Kier molecular flexibility index (Phi) is 6.30. The lowest BCUT2D eigenvalue weighted by molar-refractivity contribution is 0.327. The van der Waals surface area contributed by atoms with Crippen molar-refractivity contribution >= 4 is 25.7 Å². The van der Waals surface area contributed by atoms with Gasteiger partial charge in [0.1, 0.15) is 10.6 Å². The summed E-state index contributed by atoms with van der Waals surface area (Å²) >= 11 is 0. The normalized spacial score (nSPS) is 21.7. The molecule has 1 aliphatic heterocycles. The molecule has 1 saturated heterocycles. The van der Waals surface area contributed by atoms with Crippen molar-refractivity contribution in [2.24, 2.45) is 5.92 Å². The van der Waals surface area contributed by atoms with E-state index in [2.05, 4.69) is 14.8 Å². The molecule has 0 amide bonds. The zero-order valence-electron chi connectivity index (χ0n) is 14.6. The van der Waals surface area contributed by atoms with Crippen LogP contribution in [0.25, 0.3) is 0 Å². The van der Waals surface area contributed by atoms with E-state index < -0.39 is 20.0 Å². The molecule has 1 aliphatic rings. The Morgan fingerprint density at radius 1 is 1.28 bits per heavy atom. The van der Waals surface area contributed by atoms with Gasteiger partial charge in [-0.25, -0.2) is 21.6 Å². The summed E-state index contributed by atoms with van der Waals surface area (Å²) in [6.07, 6.45) is 0.705. The molecule has 1 heterocycles. The van der Waals surface area contributed by atoms with E-state index in [1.165, 1.54) is 32.2 Å². The third kappa shape index (κ3) is 5.06. The molecule has 0 aliphatic carbocycles. The van der Waals surface area contributed by atoms with Crippen molar-refractivity contribution in [2.75, 3.05) is 30.7 Å². The third-order valence-corrected chi connectivity index (χ3v) is 7.03. The molecule has 1 aromatic carbocycles. The summed E-state index contributed by atoms with van der Waals surface area (Å²) < 4.78 is 59.1. The van der Waals surface area contributed by atoms with E-state index in [4.69, 9.17) is 4.74 Å². The van der Waals surface area contributed by atoms with Gasteiger partial charge in [-0.15, -0.1) is 0 Å². The number of nitrogens with one attached hydrogen (secondary N) is 3. The molecule has 3 N–H and O–H groups in total. The Balaban J connectivity index is 2.28. The fraction of sp³-hybridized carbons (Fsp3) is 0.600. The Labute approximate surface area is 149 Å². The molecular formula is C15H25N3O5S2. The highest BCUT2D eigenvalue weighted by Crippen LogP contribution is 2.28. The van der Waals surface area contributed by atoms with Crippen LogP contribution in [0.15, 0.2) is 23.1 Å². The van der Waals surface area contributed by atoms with Crippen LogP contribution in [0.2, 0.25) is 0 Å². The van der Waals surface area contributed by atoms with Gasteiger partial charge in [-0.3, -0.25) is 4.72 Å². The Morgan fingerprint density at radius 2 is 2.00 bits per heavy atom. The smallest absolute Gasteiger partial charge is 0.244 e. The Morgan fingerprint density at radius 3 is 2.60 bits per heavy atom. The number of rotatable bonds is 7. The van der Waals surface area contributed by atoms with Crippen molar-refractivity contribution in [3.05, 3.63) is 18.2 Å². The maximum Gasteiger partial charge on any atom is 0.244 e. The first-order valence-corrected chi connectivity index (χ1v) is 11.2. The lowest BCUT2D eigenvalue weighted by Gasteiger charge is -2.30. The van der Waals surface area contributed by atoms with E-state index in [1.807, 2.05) is 6.92 Å². The van der Waals surface area contributed by atoms with Crippen LogP contribution >= 0.6 is 0 Å². The van der Waals surface area contributed by atoms with Crippen LogP contribution in [0.4, 0.5) is 5.69 Å². The average Bonchev–Trinajstić information content (AvgIpc) is 2.56. The minimum Gasteiger partial charge on any atom is -0.495 e. The van der Waals surface area contributed by atoms with Crippen LogP contribution in [0.1, 0.15) is 20.3 Å². The van der Waals surface area contributed by atoms with Crippen molar-refractivity contribution in [3.63, 3.8) is 0 Å². The lowest BCUT2D eigenvalue weighted by Crippen LogP contribution is -2.48. The molecule has 0 aromatic heterocycles. The van der Waals surface area contributed by atoms with Crippen LogP contribution in [-0.4, -0.2) is 48.8 Å². The highest BCUT2D eigenvalue weighted by atomic mass is 32.2. The van der Waals surface area contributed by atoms with E-state index in [9.17, 15) is 16.8 Å². The summed E-state index contributed by atoms with van der Waals surface area (Å²) in [7, 11) is -5.89. The molecule has 0 bridgehead atoms. The number of anilines is 1. The summed E-state index contributed by atoms with van der Waals surface area (Å²) in [5.74, 6) is 0.181. The SMILES string of the molecule is CCS(=O)(=O)Nc1ccc(S(=O)(=O)NC2CCNCC2C)c(OC)c1. The molecule has 2 atom stereocenters. The summed E-state index contributed by atoms with van der Waals surface area (Å²) in [5.41, 5.74) is 0.257. The van der Waals surface area contributed by atoms with Crippen LogP contribution in [0.5, 0.6) is 5.75 Å². The first-order chi connectivity index (χ1) is 11.7. The van der Waals surface area contributed by atoms with E-state index in [0.717, 1.165) is 13.1 Å². The van der Waals surface area contributed by atoms with Crippen molar-refractivity contribution in [1.82, 2.24) is 10.0 Å². The number of hydrogen-bond acceptors (Lipinski definition) is 6. The first-order valence-electron chi connectivity index (χ1n) is 8.10. The van der Waals surface area contributed by atoms with E-state index in [1.54, 1.807) is 0 Å². The second-order valence-corrected chi connectivity index (χ2v) is 9.76. The molecule has 2 unspecified atom stereocenters. The second kappa shape index (κ2) is 7.90. The fourth-order valence-electron chi connectivity index (χ4n) is 2.66. The van der Waals surface area contributed by atoms with Gasteiger partial charge >= 0.3 is 0 Å². The van der Waals surface area contributed by atoms with Crippen molar-refractivity contribution < 1.29 is 21.6 Å². The quantitative estimate of drug-likeness (QED) is 0.632.